The minimum absolute atomic E-state index is 0.0601. The lowest BCUT2D eigenvalue weighted by molar-refractivity contribution is 0.460. The quantitative estimate of drug-likeness (QED) is 0.350. The molecule has 0 unspecified atom stereocenters. The van der Waals surface area contributed by atoms with E-state index in [2.05, 4.69) is 29.1 Å². The van der Waals surface area contributed by atoms with Crippen LogP contribution in [0.25, 0.3) is 17.0 Å². The number of allylic oxidation sites excluding steroid dienone is 1. The SMILES string of the molecule is CC[C@H](C)Cn1cc(-c2cncc(/C(O)=C/C(=N)c3ccc(CNC)cc3)n2)ccc1=O. The Morgan fingerprint density at radius 3 is 2.66 bits per heavy atom. The van der Waals surface area contributed by atoms with Crippen molar-refractivity contribution in [2.24, 2.45) is 5.92 Å². The predicted molar refractivity (Wildman–Crippen MR) is 128 cm³/mol. The minimum Gasteiger partial charge on any atom is -0.506 e. The molecule has 0 bridgehead atoms. The predicted octanol–water partition coefficient (Wildman–Crippen LogP) is 4.04. The molecule has 7 nitrogen and oxygen atoms in total. The molecule has 0 aliphatic carbocycles. The van der Waals surface area contributed by atoms with Gasteiger partial charge in [-0.05, 0) is 30.2 Å². The van der Waals surface area contributed by atoms with Gasteiger partial charge in [-0.1, -0.05) is 44.5 Å². The Hall–Kier alpha value is -3.58. The maximum absolute atomic E-state index is 12.2. The normalized spacial score (nSPS) is 12.5. The van der Waals surface area contributed by atoms with Gasteiger partial charge in [0.25, 0.3) is 5.56 Å². The number of nitrogens with one attached hydrogen (secondary N) is 2. The summed E-state index contributed by atoms with van der Waals surface area (Å²) in [6, 6.07) is 10.8. The molecule has 166 valence electrons. The average Bonchev–Trinajstić information content (AvgIpc) is 2.81. The third kappa shape index (κ3) is 5.76. The molecule has 2 heterocycles. The van der Waals surface area contributed by atoms with Crippen LogP contribution in [0.15, 0.2) is 65.9 Å². The number of rotatable bonds is 9. The van der Waals surface area contributed by atoms with E-state index >= 15 is 0 Å². The van der Waals surface area contributed by atoms with Gasteiger partial charge in [-0.15, -0.1) is 0 Å². The van der Waals surface area contributed by atoms with E-state index < -0.39 is 0 Å². The molecule has 0 saturated heterocycles. The number of hydrogen-bond donors (Lipinski definition) is 3. The highest BCUT2D eigenvalue weighted by Gasteiger charge is 2.10. The van der Waals surface area contributed by atoms with E-state index in [9.17, 15) is 9.90 Å². The maximum Gasteiger partial charge on any atom is 0.250 e. The van der Waals surface area contributed by atoms with Crippen molar-refractivity contribution < 1.29 is 5.11 Å². The molecule has 1 aromatic carbocycles. The highest BCUT2D eigenvalue weighted by atomic mass is 16.3. The molecular formula is C25H29N5O2. The summed E-state index contributed by atoms with van der Waals surface area (Å²) in [5.41, 5.74) is 3.47. The largest absolute Gasteiger partial charge is 0.506 e. The lowest BCUT2D eigenvalue weighted by Gasteiger charge is -2.12. The van der Waals surface area contributed by atoms with Crippen LogP contribution >= 0.6 is 0 Å². The van der Waals surface area contributed by atoms with Crippen LogP contribution in [0.5, 0.6) is 0 Å². The number of aliphatic hydroxyl groups excluding tert-OH is 1. The molecule has 0 amide bonds. The van der Waals surface area contributed by atoms with Gasteiger partial charge < -0.3 is 20.4 Å². The van der Waals surface area contributed by atoms with Crippen molar-refractivity contribution in [2.75, 3.05) is 7.05 Å². The van der Waals surface area contributed by atoms with Crippen molar-refractivity contribution in [3.63, 3.8) is 0 Å². The Labute approximate surface area is 188 Å². The first-order chi connectivity index (χ1) is 15.4. The van der Waals surface area contributed by atoms with Crippen molar-refractivity contribution in [1.82, 2.24) is 19.9 Å². The summed E-state index contributed by atoms with van der Waals surface area (Å²) in [7, 11) is 1.88. The van der Waals surface area contributed by atoms with Crippen LogP contribution < -0.4 is 10.9 Å². The summed E-state index contributed by atoms with van der Waals surface area (Å²) in [6.45, 7) is 5.58. The van der Waals surface area contributed by atoms with E-state index in [-0.39, 0.29) is 22.7 Å². The van der Waals surface area contributed by atoms with Gasteiger partial charge in [-0.3, -0.25) is 9.78 Å². The van der Waals surface area contributed by atoms with Crippen LogP contribution in [-0.4, -0.2) is 32.4 Å². The van der Waals surface area contributed by atoms with Gasteiger partial charge in [0.05, 0.1) is 23.8 Å². The fraction of sp³-hybridized carbons (Fsp3) is 0.280. The molecule has 0 spiro atoms. The molecule has 3 N–H and O–H groups in total. The summed E-state index contributed by atoms with van der Waals surface area (Å²) < 4.78 is 1.68. The van der Waals surface area contributed by atoms with Crippen LogP contribution in [-0.2, 0) is 13.1 Å². The lowest BCUT2D eigenvalue weighted by Crippen LogP contribution is -2.21. The van der Waals surface area contributed by atoms with Crippen molar-refractivity contribution in [3.05, 3.63) is 88.2 Å². The van der Waals surface area contributed by atoms with Gasteiger partial charge >= 0.3 is 0 Å². The highest BCUT2D eigenvalue weighted by Crippen LogP contribution is 2.18. The lowest BCUT2D eigenvalue weighted by atomic mass is 10.1. The second-order valence-electron chi connectivity index (χ2n) is 7.88. The monoisotopic (exact) mass is 431 g/mol. The van der Waals surface area contributed by atoms with Crippen LogP contribution in [0, 0.1) is 11.3 Å². The molecule has 3 rings (SSSR count). The van der Waals surface area contributed by atoms with E-state index in [0.717, 1.165) is 24.1 Å². The number of hydrogen-bond acceptors (Lipinski definition) is 6. The Morgan fingerprint density at radius 2 is 1.97 bits per heavy atom. The Bertz CT molecular complexity index is 1170. The fourth-order valence-corrected chi connectivity index (χ4v) is 3.22. The van der Waals surface area contributed by atoms with E-state index in [1.54, 1.807) is 23.0 Å². The minimum atomic E-state index is -0.142. The number of aliphatic hydroxyl groups is 1. The summed E-state index contributed by atoms with van der Waals surface area (Å²) in [5.74, 6) is 0.238. The van der Waals surface area contributed by atoms with E-state index in [0.29, 0.717) is 23.7 Å². The van der Waals surface area contributed by atoms with Crippen molar-refractivity contribution in [3.8, 4) is 11.3 Å². The number of benzene rings is 1. The highest BCUT2D eigenvalue weighted by molar-refractivity contribution is 6.09. The standard InChI is InChI=1S/C25H29N5O2/c1-4-17(2)15-30-16-20(9-10-25(30)32)22-13-28-14-23(29-22)24(31)11-21(26)19-7-5-18(6-8-19)12-27-3/h5-11,13-14,16-17,26-27,31H,4,12,15H2,1-3H3/b24-11-,26-21?/t17-/m0/s1. The molecule has 0 aliphatic rings. The Kier molecular flexibility index (Phi) is 7.68. The van der Waals surface area contributed by atoms with Gasteiger partial charge in [0.15, 0.2) is 0 Å². The fourth-order valence-electron chi connectivity index (χ4n) is 3.22. The van der Waals surface area contributed by atoms with Gasteiger partial charge in [-0.25, -0.2) is 4.98 Å². The first-order valence-electron chi connectivity index (χ1n) is 10.7. The van der Waals surface area contributed by atoms with E-state index in [1.165, 1.54) is 18.3 Å². The molecule has 0 fully saturated rings. The average molecular weight is 432 g/mol. The molecular weight excluding hydrogens is 402 g/mol. The molecule has 32 heavy (non-hydrogen) atoms. The number of aromatic nitrogens is 3. The number of nitrogens with zero attached hydrogens (tertiary/aromatic N) is 3. The zero-order chi connectivity index (χ0) is 23.1. The summed E-state index contributed by atoms with van der Waals surface area (Å²) in [5, 5.41) is 21.9. The Balaban J connectivity index is 1.84. The topological polar surface area (TPSA) is 104 Å². The first-order valence-corrected chi connectivity index (χ1v) is 10.7. The van der Waals surface area contributed by atoms with Crippen LogP contribution in [0.2, 0.25) is 0 Å². The molecule has 3 aromatic rings. The van der Waals surface area contributed by atoms with Crippen molar-refractivity contribution in [1.29, 1.82) is 5.41 Å². The third-order valence-electron chi connectivity index (χ3n) is 5.31. The van der Waals surface area contributed by atoms with Gasteiger partial charge in [0, 0.05) is 37.0 Å². The molecule has 7 heteroatoms. The van der Waals surface area contributed by atoms with Crippen LogP contribution in [0.4, 0.5) is 0 Å². The van der Waals surface area contributed by atoms with Crippen LogP contribution in [0.3, 0.4) is 0 Å². The third-order valence-corrected chi connectivity index (χ3v) is 5.31. The molecule has 0 radical (unpaired) electrons. The smallest absolute Gasteiger partial charge is 0.250 e. The van der Waals surface area contributed by atoms with E-state index in [1.807, 2.05) is 31.3 Å². The first kappa shape index (κ1) is 23.1. The molecule has 2 aromatic heterocycles. The molecule has 1 atom stereocenters. The molecule has 0 saturated carbocycles. The zero-order valence-corrected chi connectivity index (χ0v) is 18.7. The second-order valence-corrected chi connectivity index (χ2v) is 7.88. The second kappa shape index (κ2) is 10.6. The zero-order valence-electron chi connectivity index (χ0n) is 18.7. The Morgan fingerprint density at radius 1 is 1.22 bits per heavy atom. The summed E-state index contributed by atoms with van der Waals surface area (Å²) >= 11 is 0. The summed E-state index contributed by atoms with van der Waals surface area (Å²) in [6.07, 6.45) is 7.17. The van der Waals surface area contributed by atoms with Gasteiger partial charge in [-0.2, -0.15) is 0 Å². The van der Waals surface area contributed by atoms with Crippen molar-refractivity contribution in [2.45, 2.75) is 33.4 Å². The van der Waals surface area contributed by atoms with Crippen molar-refractivity contribution >= 4 is 11.5 Å². The van der Waals surface area contributed by atoms with E-state index in [4.69, 9.17) is 5.41 Å². The number of pyridine rings is 1. The van der Waals surface area contributed by atoms with Gasteiger partial charge in [0.2, 0.25) is 0 Å². The van der Waals surface area contributed by atoms with Crippen LogP contribution in [0.1, 0.15) is 37.1 Å². The summed E-state index contributed by atoms with van der Waals surface area (Å²) in [4.78, 5) is 20.9. The molecule has 0 aliphatic heterocycles. The van der Waals surface area contributed by atoms with Gasteiger partial charge in [0.1, 0.15) is 11.5 Å². The maximum atomic E-state index is 12.2.